The van der Waals surface area contributed by atoms with Gasteiger partial charge in [-0.15, -0.1) is 5.10 Å². The predicted octanol–water partition coefficient (Wildman–Crippen LogP) is 2.54. The lowest BCUT2D eigenvalue weighted by molar-refractivity contribution is 0.0656. The third-order valence-electron chi connectivity index (χ3n) is 7.02. The number of nitrogens with zero attached hydrogens (tertiary/aromatic N) is 7. The van der Waals surface area contributed by atoms with E-state index in [1.165, 1.54) is 32.5 Å². The minimum absolute atomic E-state index is 0.440. The van der Waals surface area contributed by atoms with E-state index in [2.05, 4.69) is 55.3 Å². The molecule has 170 valence electrons. The Labute approximate surface area is 192 Å². The SMILES string of the molecule is COc1ncnc2ccc(-c3ccn4nc(NC5CC(N6CCN(C)CC6)C5)ncc34)cc12. The highest BCUT2D eigenvalue weighted by Crippen LogP contribution is 2.31. The topological polar surface area (TPSA) is 83.7 Å². The highest BCUT2D eigenvalue weighted by atomic mass is 16.5. The van der Waals surface area contributed by atoms with Gasteiger partial charge in [0.25, 0.3) is 0 Å². The Morgan fingerprint density at radius 1 is 1.03 bits per heavy atom. The maximum atomic E-state index is 5.41. The lowest BCUT2D eigenvalue weighted by Gasteiger charge is -2.46. The van der Waals surface area contributed by atoms with Crippen molar-refractivity contribution in [2.24, 2.45) is 0 Å². The fraction of sp³-hybridized carbons (Fsp3) is 0.417. The van der Waals surface area contributed by atoms with E-state index in [-0.39, 0.29) is 0 Å². The highest BCUT2D eigenvalue weighted by Gasteiger charge is 2.35. The van der Waals surface area contributed by atoms with Crippen molar-refractivity contribution < 1.29 is 4.74 Å². The van der Waals surface area contributed by atoms with Crippen LogP contribution in [-0.4, -0.2) is 86.8 Å². The molecule has 4 heterocycles. The molecule has 1 saturated heterocycles. The number of benzene rings is 1. The average Bonchev–Trinajstić information content (AvgIpc) is 3.24. The van der Waals surface area contributed by atoms with Crippen molar-refractivity contribution >= 4 is 22.4 Å². The first-order valence-corrected chi connectivity index (χ1v) is 11.5. The fourth-order valence-corrected chi connectivity index (χ4v) is 4.95. The van der Waals surface area contributed by atoms with E-state index in [1.54, 1.807) is 7.11 Å². The molecule has 9 heteroatoms. The van der Waals surface area contributed by atoms with Gasteiger partial charge in [0.05, 0.1) is 29.7 Å². The van der Waals surface area contributed by atoms with E-state index in [0.717, 1.165) is 40.4 Å². The van der Waals surface area contributed by atoms with Crippen LogP contribution in [0.5, 0.6) is 5.88 Å². The van der Waals surface area contributed by atoms with Crippen molar-refractivity contribution in [3.63, 3.8) is 0 Å². The summed E-state index contributed by atoms with van der Waals surface area (Å²) in [6.45, 7) is 4.69. The molecular formula is C24H28N8O. The van der Waals surface area contributed by atoms with Crippen LogP contribution in [0.2, 0.25) is 0 Å². The second-order valence-electron chi connectivity index (χ2n) is 9.06. The molecule has 9 nitrogen and oxygen atoms in total. The molecule has 0 radical (unpaired) electrons. The summed E-state index contributed by atoms with van der Waals surface area (Å²) in [5, 5.41) is 9.12. The van der Waals surface area contributed by atoms with Crippen LogP contribution in [0.1, 0.15) is 12.8 Å². The van der Waals surface area contributed by atoms with Crippen LogP contribution in [0.4, 0.5) is 5.95 Å². The van der Waals surface area contributed by atoms with Crippen molar-refractivity contribution in [3.05, 3.63) is 43.0 Å². The number of anilines is 1. The van der Waals surface area contributed by atoms with Crippen molar-refractivity contribution in [3.8, 4) is 17.0 Å². The van der Waals surface area contributed by atoms with E-state index in [4.69, 9.17) is 9.84 Å². The van der Waals surface area contributed by atoms with Gasteiger partial charge in [-0.1, -0.05) is 6.07 Å². The van der Waals surface area contributed by atoms with Crippen LogP contribution in [0.15, 0.2) is 43.0 Å². The molecule has 4 aromatic rings. The van der Waals surface area contributed by atoms with Gasteiger partial charge in [0.15, 0.2) is 0 Å². The second-order valence-corrected chi connectivity index (χ2v) is 9.06. The normalized spacial score (nSPS) is 21.9. The molecular weight excluding hydrogens is 416 g/mol. The summed E-state index contributed by atoms with van der Waals surface area (Å²) in [4.78, 5) is 18.2. The van der Waals surface area contributed by atoms with Crippen LogP contribution in [-0.2, 0) is 0 Å². The minimum atomic E-state index is 0.440. The van der Waals surface area contributed by atoms with E-state index in [9.17, 15) is 0 Å². The molecule has 2 fully saturated rings. The number of hydrogen-bond acceptors (Lipinski definition) is 8. The summed E-state index contributed by atoms with van der Waals surface area (Å²) >= 11 is 0. The van der Waals surface area contributed by atoms with Gasteiger partial charge in [-0.2, -0.15) is 0 Å². The van der Waals surface area contributed by atoms with E-state index in [0.29, 0.717) is 23.9 Å². The number of fused-ring (bicyclic) bond motifs is 2. The molecule has 0 bridgehead atoms. The standard InChI is InChI=1S/C24H28N8O/c1-30-7-9-31(10-8-30)18-12-17(13-18)28-24-25-14-22-19(5-6-32(22)29-24)16-3-4-21-20(11-16)23(33-2)27-15-26-21/h3-6,11,14-15,17-18H,7-10,12-13H2,1-2H3,(H,28,29). The van der Waals surface area contributed by atoms with Crippen molar-refractivity contribution in [1.29, 1.82) is 0 Å². The van der Waals surface area contributed by atoms with Crippen molar-refractivity contribution in [1.82, 2.24) is 34.4 Å². The zero-order valence-electron chi connectivity index (χ0n) is 19.0. The van der Waals surface area contributed by atoms with Gasteiger partial charge in [0.2, 0.25) is 11.8 Å². The van der Waals surface area contributed by atoms with Gasteiger partial charge < -0.3 is 15.0 Å². The lowest BCUT2D eigenvalue weighted by atomic mass is 9.85. The highest BCUT2D eigenvalue weighted by molar-refractivity contribution is 5.91. The first kappa shape index (κ1) is 20.3. The Hall–Kier alpha value is -3.30. The molecule has 0 unspecified atom stereocenters. The van der Waals surface area contributed by atoms with Crippen molar-refractivity contribution in [2.45, 2.75) is 24.9 Å². The number of aromatic nitrogens is 5. The van der Waals surface area contributed by atoms with Gasteiger partial charge >= 0.3 is 0 Å². The maximum Gasteiger partial charge on any atom is 0.241 e. The molecule has 6 rings (SSSR count). The minimum Gasteiger partial charge on any atom is -0.480 e. The zero-order chi connectivity index (χ0) is 22.4. The maximum absolute atomic E-state index is 5.41. The lowest BCUT2D eigenvalue weighted by Crippen LogP contribution is -2.55. The summed E-state index contributed by atoms with van der Waals surface area (Å²) in [6, 6.07) is 9.30. The molecule has 2 aliphatic rings. The smallest absolute Gasteiger partial charge is 0.241 e. The largest absolute Gasteiger partial charge is 0.480 e. The first-order chi connectivity index (χ1) is 16.2. The van der Waals surface area contributed by atoms with Gasteiger partial charge in [0, 0.05) is 50.0 Å². The summed E-state index contributed by atoms with van der Waals surface area (Å²) in [5.41, 5.74) is 3.93. The van der Waals surface area contributed by atoms with Gasteiger partial charge in [-0.25, -0.2) is 19.5 Å². The third-order valence-corrected chi connectivity index (χ3v) is 7.02. The molecule has 1 aliphatic heterocycles. The molecule has 1 saturated carbocycles. The number of ether oxygens (including phenoxy) is 1. The average molecular weight is 445 g/mol. The second kappa shape index (κ2) is 8.24. The molecule has 1 aliphatic carbocycles. The van der Waals surface area contributed by atoms with Gasteiger partial charge in [0.1, 0.15) is 6.33 Å². The monoisotopic (exact) mass is 444 g/mol. The Morgan fingerprint density at radius 3 is 2.70 bits per heavy atom. The van der Waals surface area contributed by atoms with Crippen LogP contribution in [0, 0.1) is 0 Å². The molecule has 1 N–H and O–H groups in total. The van der Waals surface area contributed by atoms with E-state index in [1.807, 2.05) is 23.0 Å². The summed E-state index contributed by atoms with van der Waals surface area (Å²) in [7, 11) is 3.83. The van der Waals surface area contributed by atoms with E-state index < -0.39 is 0 Å². The fourth-order valence-electron chi connectivity index (χ4n) is 4.95. The molecule has 33 heavy (non-hydrogen) atoms. The number of rotatable bonds is 5. The Morgan fingerprint density at radius 2 is 1.88 bits per heavy atom. The predicted molar refractivity (Wildman–Crippen MR) is 128 cm³/mol. The van der Waals surface area contributed by atoms with Gasteiger partial charge in [-0.3, -0.25) is 4.90 Å². The number of nitrogens with one attached hydrogen (secondary N) is 1. The Balaban J connectivity index is 1.18. The molecule has 0 atom stereocenters. The van der Waals surface area contributed by atoms with Crippen molar-refractivity contribution in [2.75, 3.05) is 45.7 Å². The summed E-state index contributed by atoms with van der Waals surface area (Å²) in [6.07, 6.45) is 7.71. The molecule has 3 aromatic heterocycles. The zero-order valence-corrected chi connectivity index (χ0v) is 19.0. The first-order valence-electron chi connectivity index (χ1n) is 11.5. The van der Waals surface area contributed by atoms with Crippen LogP contribution in [0.25, 0.3) is 27.5 Å². The number of hydrogen-bond donors (Lipinski definition) is 1. The van der Waals surface area contributed by atoms with Crippen LogP contribution < -0.4 is 10.1 Å². The summed E-state index contributed by atoms with van der Waals surface area (Å²) in [5.74, 6) is 1.25. The third kappa shape index (κ3) is 3.77. The van der Waals surface area contributed by atoms with E-state index >= 15 is 0 Å². The number of methoxy groups -OCH3 is 1. The van der Waals surface area contributed by atoms with Gasteiger partial charge in [-0.05, 0) is 43.7 Å². The molecule has 0 spiro atoms. The number of piperazine rings is 1. The molecule has 0 amide bonds. The quantitative estimate of drug-likeness (QED) is 0.503. The number of likely N-dealkylation sites (N-methyl/N-ethyl adjacent to an activating group) is 1. The molecule has 1 aromatic carbocycles. The summed E-state index contributed by atoms with van der Waals surface area (Å²) < 4.78 is 7.31. The van der Waals surface area contributed by atoms with Crippen LogP contribution in [0.3, 0.4) is 0 Å². The Bertz CT molecular complexity index is 1290. The van der Waals surface area contributed by atoms with Crippen LogP contribution >= 0.6 is 0 Å². The Kier molecular flexibility index (Phi) is 5.07.